The first kappa shape index (κ1) is 15.0. The van der Waals surface area contributed by atoms with Crippen LogP contribution >= 0.6 is 0 Å². The Labute approximate surface area is 120 Å². The van der Waals surface area contributed by atoms with Crippen LogP contribution in [-0.4, -0.2) is 35.0 Å². The van der Waals surface area contributed by atoms with E-state index in [-0.39, 0.29) is 11.7 Å². The standard InChI is InChI=1S/C14H21N3O2S/c1-5-12-15-11-6-7-17(8-9-20(4,18)19)14(11)13(16-12)10(2)3/h6-7,10H,5,8-9H2,1-4H3. The van der Waals surface area contributed by atoms with E-state index in [0.29, 0.717) is 6.54 Å². The molecule has 0 aliphatic heterocycles. The van der Waals surface area contributed by atoms with Gasteiger partial charge in [0.25, 0.3) is 0 Å². The van der Waals surface area contributed by atoms with Gasteiger partial charge in [-0.15, -0.1) is 0 Å². The van der Waals surface area contributed by atoms with Crippen LogP contribution in [0.1, 0.15) is 38.2 Å². The number of fused-ring (bicyclic) bond motifs is 1. The smallest absolute Gasteiger partial charge is 0.149 e. The molecule has 2 aromatic rings. The first-order valence-electron chi connectivity index (χ1n) is 6.85. The topological polar surface area (TPSA) is 64.8 Å². The molecule has 0 bridgehead atoms. The predicted octanol–water partition coefficient (Wildman–Crippen LogP) is 2.16. The maximum Gasteiger partial charge on any atom is 0.149 e. The summed E-state index contributed by atoms with van der Waals surface area (Å²) in [5, 5.41) is 0. The van der Waals surface area contributed by atoms with Crippen LogP contribution in [0.15, 0.2) is 12.3 Å². The third-order valence-electron chi connectivity index (χ3n) is 3.25. The fraction of sp³-hybridized carbons (Fsp3) is 0.571. The van der Waals surface area contributed by atoms with Crippen LogP contribution in [-0.2, 0) is 22.8 Å². The molecular weight excluding hydrogens is 274 g/mol. The average Bonchev–Trinajstić information content (AvgIpc) is 2.77. The van der Waals surface area contributed by atoms with Crippen molar-refractivity contribution in [2.75, 3.05) is 12.0 Å². The molecule has 2 rings (SSSR count). The molecule has 0 atom stereocenters. The Morgan fingerprint density at radius 2 is 2.00 bits per heavy atom. The minimum absolute atomic E-state index is 0.129. The van der Waals surface area contributed by atoms with Crippen LogP contribution < -0.4 is 0 Å². The molecular formula is C14H21N3O2S. The van der Waals surface area contributed by atoms with Crippen LogP contribution in [0, 0.1) is 0 Å². The molecule has 2 heterocycles. The lowest BCUT2D eigenvalue weighted by atomic mass is 10.1. The number of rotatable bonds is 5. The van der Waals surface area contributed by atoms with Gasteiger partial charge >= 0.3 is 0 Å². The van der Waals surface area contributed by atoms with E-state index in [4.69, 9.17) is 0 Å². The maximum atomic E-state index is 11.3. The van der Waals surface area contributed by atoms with Crippen molar-refractivity contribution >= 4 is 20.9 Å². The summed E-state index contributed by atoms with van der Waals surface area (Å²) in [5.74, 6) is 1.24. The summed E-state index contributed by atoms with van der Waals surface area (Å²) in [7, 11) is -2.98. The molecule has 0 aliphatic rings. The first-order chi connectivity index (χ1) is 9.31. The molecule has 0 spiro atoms. The van der Waals surface area contributed by atoms with E-state index in [9.17, 15) is 8.42 Å². The van der Waals surface area contributed by atoms with E-state index in [1.54, 1.807) is 0 Å². The lowest BCUT2D eigenvalue weighted by Gasteiger charge is -2.12. The fourth-order valence-corrected chi connectivity index (χ4v) is 2.73. The van der Waals surface area contributed by atoms with E-state index in [0.717, 1.165) is 29.0 Å². The van der Waals surface area contributed by atoms with Crippen molar-refractivity contribution in [1.29, 1.82) is 0 Å². The zero-order chi connectivity index (χ0) is 14.9. The van der Waals surface area contributed by atoms with Crippen LogP contribution in [0.4, 0.5) is 0 Å². The van der Waals surface area contributed by atoms with Crippen LogP contribution in [0.25, 0.3) is 11.0 Å². The first-order valence-corrected chi connectivity index (χ1v) is 8.91. The summed E-state index contributed by atoms with van der Waals surface area (Å²) in [4.78, 5) is 9.14. The largest absolute Gasteiger partial charge is 0.344 e. The highest BCUT2D eigenvalue weighted by Gasteiger charge is 2.15. The number of sulfone groups is 1. The minimum Gasteiger partial charge on any atom is -0.344 e. The Balaban J connectivity index is 2.52. The molecule has 0 unspecified atom stereocenters. The molecule has 0 amide bonds. The van der Waals surface area contributed by atoms with E-state index < -0.39 is 9.84 Å². The summed E-state index contributed by atoms with van der Waals surface area (Å²) in [5.41, 5.74) is 2.85. The van der Waals surface area contributed by atoms with Gasteiger partial charge in [0.15, 0.2) is 0 Å². The number of aryl methyl sites for hydroxylation is 2. The van der Waals surface area contributed by atoms with Crippen molar-refractivity contribution in [3.63, 3.8) is 0 Å². The van der Waals surface area contributed by atoms with Gasteiger partial charge < -0.3 is 4.57 Å². The van der Waals surface area contributed by atoms with Gasteiger partial charge in [-0.25, -0.2) is 18.4 Å². The van der Waals surface area contributed by atoms with E-state index in [2.05, 4.69) is 23.8 Å². The van der Waals surface area contributed by atoms with Crippen LogP contribution in [0.3, 0.4) is 0 Å². The van der Waals surface area contributed by atoms with Gasteiger partial charge in [-0.3, -0.25) is 0 Å². The van der Waals surface area contributed by atoms with Crippen LogP contribution in [0.2, 0.25) is 0 Å². The second-order valence-electron chi connectivity index (χ2n) is 5.41. The highest BCUT2D eigenvalue weighted by molar-refractivity contribution is 7.90. The highest BCUT2D eigenvalue weighted by Crippen LogP contribution is 2.24. The molecule has 20 heavy (non-hydrogen) atoms. The second kappa shape index (κ2) is 5.52. The predicted molar refractivity (Wildman–Crippen MR) is 80.7 cm³/mol. The summed E-state index contributed by atoms with van der Waals surface area (Å²) in [6, 6.07) is 1.93. The van der Waals surface area contributed by atoms with Crippen molar-refractivity contribution in [2.24, 2.45) is 0 Å². The molecule has 6 heteroatoms. The Kier molecular flexibility index (Phi) is 4.13. The zero-order valence-corrected chi connectivity index (χ0v) is 13.2. The zero-order valence-electron chi connectivity index (χ0n) is 12.4. The van der Waals surface area contributed by atoms with Gasteiger partial charge in [-0.2, -0.15) is 0 Å². The average molecular weight is 295 g/mol. The molecule has 0 N–H and O–H groups in total. The van der Waals surface area contributed by atoms with E-state index >= 15 is 0 Å². The summed E-state index contributed by atoms with van der Waals surface area (Å²) in [6.07, 6.45) is 3.95. The van der Waals surface area contributed by atoms with Crippen molar-refractivity contribution < 1.29 is 8.42 Å². The Hall–Kier alpha value is -1.43. The molecule has 0 aliphatic carbocycles. The molecule has 110 valence electrons. The molecule has 0 aromatic carbocycles. The van der Waals surface area contributed by atoms with Crippen LogP contribution in [0.5, 0.6) is 0 Å². The molecule has 0 radical (unpaired) electrons. The molecule has 2 aromatic heterocycles. The second-order valence-corrected chi connectivity index (χ2v) is 7.67. The molecule has 0 fully saturated rings. The Morgan fingerprint density at radius 1 is 1.30 bits per heavy atom. The SMILES string of the molecule is CCc1nc(C(C)C)c2c(ccn2CCS(C)(=O)=O)n1. The highest BCUT2D eigenvalue weighted by atomic mass is 32.2. The van der Waals surface area contributed by atoms with Crippen molar-refractivity contribution in [3.8, 4) is 0 Å². The van der Waals surface area contributed by atoms with E-state index in [1.165, 1.54) is 6.26 Å². The lowest BCUT2D eigenvalue weighted by molar-refractivity contribution is 0.595. The lowest BCUT2D eigenvalue weighted by Crippen LogP contribution is -2.12. The quantitative estimate of drug-likeness (QED) is 0.848. The maximum absolute atomic E-state index is 11.3. The third-order valence-corrected chi connectivity index (χ3v) is 4.17. The Bertz CT molecular complexity index is 717. The number of hydrogen-bond donors (Lipinski definition) is 0. The summed E-state index contributed by atoms with van der Waals surface area (Å²) >= 11 is 0. The van der Waals surface area contributed by atoms with Gasteiger partial charge in [0, 0.05) is 25.4 Å². The van der Waals surface area contributed by atoms with Gasteiger partial charge in [0.1, 0.15) is 15.7 Å². The van der Waals surface area contributed by atoms with Gasteiger partial charge in [-0.1, -0.05) is 20.8 Å². The summed E-state index contributed by atoms with van der Waals surface area (Å²) in [6.45, 7) is 6.66. The molecule has 5 nitrogen and oxygen atoms in total. The van der Waals surface area contributed by atoms with Crippen molar-refractivity contribution in [2.45, 2.75) is 39.7 Å². The van der Waals surface area contributed by atoms with E-state index in [1.807, 2.05) is 23.8 Å². The summed E-state index contributed by atoms with van der Waals surface area (Å²) < 4.78 is 24.6. The van der Waals surface area contributed by atoms with Gasteiger partial charge in [-0.05, 0) is 12.0 Å². The number of nitrogens with zero attached hydrogens (tertiary/aromatic N) is 3. The fourth-order valence-electron chi connectivity index (χ4n) is 2.20. The monoisotopic (exact) mass is 295 g/mol. The van der Waals surface area contributed by atoms with Crippen molar-refractivity contribution in [1.82, 2.24) is 14.5 Å². The third kappa shape index (κ3) is 3.17. The molecule has 0 saturated heterocycles. The van der Waals surface area contributed by atoms with Gasteiger partial charge in [0.2, 0.25) is 0 Å². The Morgan fingerprint density at radius 3 is 2.55 bits per heavy atom. The van der Waals surface area contributed by atoms with Gasteiger partial charge in [0.05, 0.1) is 22.5 Å². The number of hydrogen-bond acceptors (Lipinski definition) is 4. The minimum atomic E-state index is -2.98. The molecule has 0 saturated carbocycles. The normalized spacial score (nSPS) is 12.4. The number of aromatic nitrogens is 3. The van der Waals surface area contributed by atoms with Crippen molar-refractivity contribution in [3.05, 3.63) is 23.8 Å².